The van der Waals surface area contributed by atoms with Crippen molar-refractivity contribution < 1.29 is 4.74 Å². The summed E-state index contributed by atoms with van der Waals surface area (Å²) in [6.07, 6.45) is 11.3. The first kappa shape index (κ1) is 19.0. The van der Waals surface area contributed by atoms with Crippen LogP contribution in [-0.2, 0) is 4.74 Å². The van der Waals surface area contributed by atoms with E-state index >= 15 is 0 Å². The number of para-hydroxylation sites is 1. The Labute approximate surface area is 184 Å². The Morgan fingerprint density at radius 1 is 1.10 bits per heavy atom. The summed E-state index contributed by atoms with van der Waals surface area (Å²) >= 11 is 1.59. The molecule has 5 heterocycles. The summed E-state index contributed by atoms with van der Waals surface area (Å²) in [5, 5.41) is 1.96. The lowest BCUT2D eigenvalue weighted by Gasteiger charge is -2.39. The van der Waals surface area contributed by atoms with Crippen molar-refractivity contribution in [3.8, 4) is 0 Å². The van der Waals surface area contributed by atoms with Crippen molar-refractivity contribution in [3.63, 3.8) is 0 Å². The van der Waals surface area contributed by atoms with Crippen molar-refractivity contribution in [1.82, 2.24) is 24.3 Å². The van der Waals surface area contributed by atoms with Gasteiger partial charge in [0, 0.05) is 37.1 Å². The van der Waals surface area contributed by atoms with Crippen LogP contribution in [-0.4, -0.2) is 50.1 Å². The van der Waals surface area contributed by atoms with Gasteiger partial charge in [0.05, 0.1) is 23.1 Å². The molecule has 2 aliphatic rings. The largest absolute Gasteiger partial charge is 0.378 e. The smallest absolute Gasteiger partial charge is 0.211 e. The SMILES string of the molecule is C[C@H]1CC2(CCN(c3ncc(Sc4ncnc5ccccc45)c4nccn34)CC2)CO1. The fraction of sp³-hybridized carbons (Fsp3) is 0.391. The number of ether oxygens (including phenoxy) is 1. The van der Waals surface area contributed by atoms with Crippen LogP contribution in [0.5, 0.6) is 0 Å². The van der Waals surface area contributed by atoms with Crippen LogP contribution in [0.3, 0.4) is 0 Å². The number of benzene rings is 1. The van der Waals surface area contributed by atoms with Crippen LogP contribution in [0.4, 0.5) is 5.95 Å². The molecule has 1 spiro atoms. The van der Waals surface area contributed by atoms with Gasteiger partial charge in [0.15, 0.2) is 5.65 Å². The van der Waals surface area contributed by atoms with Crippen LogP contribution in [0, 0.1) is 5.41 Å². The highest BCUT2D eigenvalue weighted by Gasteiger charge is 2.41. The Kier molecular flexibility index (Phi) is 4.57. The second-order valence-electron chi connectivity index (χ2n) is 8.65. The second kappa shape index (κ2) is 7.46. The van der Waals surface area contributed by atoms with Crippen molar-refractivity contribution >= 4 is 34.3 Å². The molecule has 1 aromatic carbocycles. The summed E-state index contributed by atoms with van der Waals surface area (Å²) in [4.78, 5) is 21.8. The quantitative estimate of drug-likeness (QED) is 0.449. The fourth-order valence-electron chi connectivity index (χ4n) is 4.93. The van der Waals surface area contributed by atoms with Gasteiger partial charge in [-0.15, -0.1) is 0 Å². The third-order valence-electron chi connectivity index (χ3n) is 6.59. The van der Waals surface area contributed by atoms with E-state index in [2.05, 4.69) is 37.2 Å². The molecule has 6 rings (SSSR count). The van der Waals surface area contributed by atoms with Crippen LogP contribution in [0.15, 0.2) is 59.1 Å². The van der Waals surface area contributed by atoms with Crippen molar-refractivity contribution in [3.05, 3.63) is 49.2 Å². The van der Waals surface area contributed by atoms with Gasteiger partial charge in [0.2, 0.25) is 5.95 Å². The molecule has 7 nitrogen and oxygen atoms in total. The molecule has 31 heavy (non-hydrogen) atoms. The van der Waals surface area contributed by atoms with E-state index in [1.54, 1.807) is 18.1 Å². The van der Waals surface area contributed by atoms with E-state index in [-0.39, 0.29) is 0 Å². The van der Waals surface area contributed by atoms with Gasteiger partial charge in [0.1, 0.15) is 11.4 Å². The minimum atomic E-state index is 0.355. The Bertz CT molecular complexity index is 1240. The highest BCUT2D eigenvalue weighted by molar-refractivity contribution is 7.99. The Morgan fingerprint density at radius 3 is 2.81 bits per heavy atom. The van der Waals surface area contributed by atoms with E-state index in [9.17, 15) is 0 Å². The lowest BCUT2D eigenvalue weighted by Crippen LogP contribution is -2.41. The molecule has 8 heteroatoms. The molecular formula is C23H24N6OS. The summed E-state index contributed by atoms with van der Waals surface area (Å²) in [5.41, 5.74) is 2.21. The summed E-state index contributed by atoms with van der Waals surface area (Å²) in [7, 11) is 0. The van der Waals surface area contributed by atoms with Crippen molar-refractivity contribution in [2.45, 2.75) is 42.2 Å². The van der Waals surface area contributed by atoms with Gasteiger partial charge in [-0.1, -0.05) is 30.0 Å². The fourth-order valence-corrected chi connectivity index (χ4v) is 5.87. The molecule has 0 unspecified atom stereocenters. The zero-order valence-corrected chi connectivity index (χ0v) is 18.3. The third-order valence-corrected chi connectivity index (χ3v) is 7.61. The maximum absolute atomic E-state index is 5.89. The van der Waals surface area contributed by atoms with Gasteiger partial charge in [-0.05, 0) is 37.7 Å². The molecule has 0 bridgehead atoms. The van der Waals surface area contributed by atoms with E-state index in [0.29, 0.717) is 11.5 Å². The molecule has 1 atom stereocenters. The first-order valence-corrected chi connectivity index (χ1v) is 11.6. The van der Waals surface area contributed by atoms with Crippen LogP contribution < -0.4 is 4.90 Å². The summed E-state index contributed by atoms with van der Waals surface area (Å²) in [6.45, 7) is 5.09. The molecule has 4 aromatic rings. The number of hydrogen-bond donors (Lipinski definition) is 0. The first-order valence-electron chi connectivity index (χ1n) is 10.8. The minimum Gasteiger partial charge on any atom is -0.378 e. The number of anilines is 1. The monoisotopic (exact) mass is 432 g/mol. The van der Waals surface area contributed by atoms with Gasteiger partial charge in [-0.2, -0.15) is 0 Å². The van der Waals surface area contributed by atoms with Gasteiger partial charge >= 0.3 is 0 Å². The van der Waals surface area contributed by atoms with E-state index < -0.39 is 0 Å². The van der Waals surface area contributed by atoms with Crippen molar-refractivity contribution in [2.24, 2.45) is 5.41 Å². The number of fused-ring (bicyclic) bond motifs is 2. The first-order chi connectivity index (χ1) is 15.2. The number of nitrogens with zero attached hydrogens (tertiary/aromatic N) is 6. The summed E-state index contributed by atoms with van der Waals surface area (Å²) in [6, 6.07) is 8.07. The molecule has 2 saturated heterocycles. The summed E-state index contributed by atoms with van der Waals surface area (Å²) < 4.78 is 7.99. The average molecular weight is 433 g/mol. The van der Waals surface area contributed by atoms with Gasteiger partial charge in [0.25, 0.3) is 0 Å². The topological polar surface area (TPSA) is 68.4 Å². The summed E-state index contributed by atoms with van der Waals surface area (Å²) in [5.74, 6) is 0.964. The number of piperidine rings is 1. The molecule has 2 aliphatic heterocycles. The second-order valence-corrected chi connectivity index (χ2v) is 9.68. The third kappa shape index (κ3) is 3.34. The Hall–Kier alpha value is -2.71. The molecule has 0 radical (unpaired) electrons. The molecule has 0 saturated carbocycles. The zero-order chi connectivity index (χ0) is 20.8. The van der Waals surface area contributed by atoms with Crippen LogP contribution >= 0.6 is 11.8 Å². The van der Waals surface area contributed by atoms with Crippen LogP contribution in [0.25, 0.3) is 16.6 Å². The van der Waals surface area contributed by atoms with Gasteiger partial charge in [-0.3, -0.25) is 4.40 Å². The molecule has 2 fully saturated rings. The van der Waals surface area contributed by atoms with E-state index in [4.69, 9.17) is 9.72 Å². The standard InChI is InChI=1S/C23H24N6OS/c1-16-12-23(14-30-16)6-9-28(10-7-23)22-25-13-19(20-24-8-11-29(20)22)31-21-17-4-2-3-5-18(17)26-15-27-21/h2-5,8,11,13,15-16H,6-7,9-10,12,14H2,1H3/t16-/m0/s1. The van der Waals surface area contributed by atoms with E-state index in [0.717, 1.165) is 65.0 Å². The normalized spacial score (nSPS) is 20.8. The molecule has 0 aliphatic carbocycles. The molecule has 3 aromatic heterocycles. The van der Waals surface area contributed by atoms with Crippen LogP contribution in [0.1, 0.15) is 26.2 Å². The predicted octanol–water partition coefficient (Wildman–Crippen LogP) is 4.22. The average Bonchev–Trinajstić information content (AvgIpc) is 3.43. The highest BCUT2D eigenvalue weighted by Crippen LogP contribution is 2.42. The van der Waals surface area contributed by atoms with E-state index in [1.807, 2.05) is 36.8 Å². The maximum atomic E-state index is 5.89. The number of aromatic nitrogens is 5. The van der Waals surface area contributed by atoms with Crippen LogP contribution in [0.2, 0.25) is 0 Å². The predicted molar refractivity (Wildman–Crippen MR) is 121 cm³/mol. The van der Waals surface area contributed by atoms with E-state index in [1.165, 1.54) is 6.42 Å². The molecular weight excluding hydrogens is 408 g/mol. The molecule has 158 valence electrons. The number of hydrogen-bond acceptors (Lipinski definition) is 7. The number of rotatable bonds is 3. The lowest BCUT2D eigenvalue weighted by atomic mass is 9.77. The van der Waals surface area contributed by atoms with Gasteiger partial charge in [-0.25, -0.2) is 19.9 Å². The van der Waals surface area contributed by atoms with Crippen molar-refractivity contribution in [1.29, 1.82) is 0 Å². The lowest BCUT2D eigenvalue weighted by molar-refractivity contribution is 0.0975. The Balaban J connectivity index is 1.29. The Morgan fingerprint density at radius 2 is 1.97 bits per heavy atom. The molecule has 0 N–H and O–H groups in total. The molecule has 0 amide bonds. The minimum absolute atomic E-state index is 0.355. The zero-order valence-electron chi connectivity index (χ0n) is 17.4. The number of imidazole rings is 1. The highest BCUT2D eigenvalue weighted by atomic mass is 32.2. The van der Waals surface area contributed by atoms with Crippen molar-refractivity contribution in [2.75, 3.05) is 24.6 Å². The maximum Gasteiger partial charge on any atom is 0.211 e. The van der Waals surface area contributed by atoms with Gasteiger partial charge < -0.3 is 9.64 Å².